The van der Waals surface area contributed by atoms with Gasteiger partial charge >= 0.3 is 0 Å². The van der Waals surface area contributed by atoms with E-state index in [0.29, 0.717) is 19.6 Å². The molecule has 0 heterocycles. The van der Waals surface area contributed by atoms with Crippen LogP contribution in [0.25, 0.3) is 0 Å². The third kappa shape index (κ3) is 5.48. The highest BCUT2D eigenvalue weighted by Gasteiger charge is 2.22. The van der Waals surface area contributed by atoms with E-state index in [1.165, 1.54) is 12.1 Å². The van der Waals surface area contributed by atoms with E-state index in [2.05, 4.69) is 21.2 Å². The van der Waals surface area contributed by atoms with Crippen LogP contribution < -0.4 is 5.32 Å². The van der Waals surface area contributed by atoms with Crippen molar-refractivity contribution in [2.75, 3.05) is 19.8 Å². The average Bonchev–Trinajstić information content (AvgIpc) is 2.41. The summed E-state index contributed by atoms with van der Waals surface area (Å²) in [6, 6.07) is 4.77. The van der Waals surface area contributed by atoms with Crippen molar-refractivity contribution in [3.8, 4) is 0 Å². The molecule has 1 aromatic carbocycles. The number of hydrogen-bond acceptors (Lipinski definition) is 3. The quantitative estimate of drug-likeness (QED) is 0.693. The van der Waals surface area contributed by atoms with Gasteiger partial charge in [-0.05, 0) is 44.5 Å². The number of benzene rings is 1. The fourth-order valence-electron chi connectivity index (χ4n) is 2.06. The first-order valence-corrected chi connectivity index (χ1v) is 7.82. The minimum absolute atomic E-state index is 0.0293. The molecule has 0 spiro atoms. The molecule has 5 heteroatoms. The van der Waals surface area contributed by atoms with Gasteiger partial charge in [0.25, 0.3) is 0 Å². The van der Waals surface area contributed by atoms with Crippen LogP contribution in [0.1, 0.15) is 26.3 Å². The summed E-state index contributed by atoms with van der Waals surface area (Å²) in [5.74, 6) is -0.244. The van der Waals surface area contributed by atoms with Gasteiger partial charge in [0.05, 0.1) is 6.04 Å². The van der Waals surface area contributed by atoms with Gasteiger partial charge in [-0.15, -0.1) is 0 Å². The van der Waals surface area contributed by atoms with E-state index in [1.807, 2.05) is 20.8 Å². The lowest BCUT2D eigenvalue weighted by Gasteiger charge is -2.27. The minimum atomic E-state index is -0.304. The molecule has 20 heavy (non-hydrogen) atoms. The van der Waals surface area contributed by atoms with Crippen molar-refractivity contribution in [1.82, 2.24) is 5.32 Å². The molecule has 1 aromatic rings. The van der Waals surface area contributed by atoms with Gasteiger partial charge in [-0.1, -0.05) is 28.9 Å². The van der Waals surface area contributed by atoms with Crippen LogP contribution in [0.2, 0.25) is 0 Å². The van der Waals surface area contributed by atoms with Crippen LogP contribution in [0.3, 0.4) is 0 Å². The molecule has 1 rings (SSSR count). The van der Waals surface area contributed by atoms with E-state index >= 15 is 0 Å². The van der Waals surface area contributed by atoms with Crippen molar-refractivity contribution in [2.45, 2.75) is 39.5 Å². The lowest BCUT2D eigenvalue weighted by molar-refractivity contribution is -0.153. The van der Waals surface area contributed by atoms with Crippen LogP contribution in [0.5, 0.6) is 0 Å². The van der Waals surface area contributed by atoms with Crippen molar-refractivity contribution >= 4 is 15.9 Å². The van der Waals surface area contributed by atoms with E-state index in [-0.39, 0.29) is 18.1 Å². The minimum Gasteiger partial charge on any atom is -0.351 e. The first-order chi connectivity index (χ1) is 9.62. The van der Waals surface area contributed by atoms with E-state index < -0.39 is 0 Å². The number of nitrogens with one attached hydrogen (secondary N) is 1. The molecule has 3 nitrogen and oxygen atoms in total. The summed E-state index contributed by atoms with van der Waals surface area (Å²) in [5.41, 5.74) is 1.03. The van der Waals surface area contributed by atoms with Crippen molar-refractivity contribution in [3.63, 3.8) is 0 Å². The zero-order chi connectivity index (χ0) is 15.0. The molecule has 0 bridgehead atoms. The lowest BCUT2D eigenvalue weighted by atomic mass is 10.1. The topological polar surface area (TPSA) is 30.5 Å². The van der Waals surface area contributed by atoms with Gasteiger partial charge in [0.1, 0.15) is 5.82 Å². The Kier molecular flexibility index (Phi) is 8.30. The molecule has 0 saturated carbocycles. The second-order valence-electron chi connectivity index (χ2n) is 4.38. The highest BCUT2D eigenvalue weighted by Crippen LogP contribution is 2.21. The Morgan fingerprint density at radius 2 is 1.85 bits per heavy atom. The van der Waals surface area contributed by atoms with Crippen molar-refractivity contribution in [3.05, 3.63) is 34.1 Å². The van der Waals surface area contributed by atoms with Crippen LogP contribution in [-0.4, -0.2) is 32.1 Å². The highest BCUT2D eigenvalue weighted by molar-refractivity contribution is 9.10. The Bertz CT molecular complexity index is 397. The summed E-state index contributed by atoms with van der Waals surface area (Å²) in [6.07, 6.45) is 0.404. The number of rotatable bonds is 9. The SMILES string of the molecule is CCNC(Cc1ccc(F)cc1Br)C(OCC)OCC. The summed E-state index contributed by atoms with van der Waals surface area (Å²) in [6.45, 7) is 7.95. The van der Waals surface area contributed by atoms with Gasteiger partial charge in [0, 0.05) is 17.7 Å². The first kappa shape index (κ1) is 17.6. The molecule has 0 saturated heterocycles. The van der Waals surface area contributed by atoms with Crippen LogP contribution in [0.15, 0.2) is 22.7 Å². The summed E-state index contributed by atoms with van der Waals surface area (Å²) < 4.78 is 25.2. The Labute approximate surface area is 129 Å². The van der Waals surface area contributed by atoms with Gasteiger partial charge in [0.15, 0.2) is 6.29 Å². The standard InChI is InChI=1S/C15H23BrFNO2/c1-4-18-14(15(19-5-2)20-6-3)9-11-7-8-12(17)10-13(11)16/h7-8,10,14-15,18H,4-6,9H2,1-3H3. The summed E-state index contributed by atoms with van der Waals surface area (Å²) in [5, 5.41) is 3.38. The largest absolute Gasteiger partial charge is 0.351 e. The van der Waals surface area contributed by atoms with Gasteiger partial charge in [-0.25, -0.2) is 4.39 Å². The van der Waals surface area contributed by atoms with Gasteiger partial charge in [0.2, 0.25) is 0 Å². The molecular weight excluding hydrogens is 325 g/mol. The maximum Gasteiger partial charge on any atom is 0.172 e. The van der Waals surface area contributed by atoms with Crippen molar-refractivity contribution in [2.24, 2.45) is 0 Å². The lowest BCUT2D eigenvalue weighted by Crippen LogP contribution is -2.44. The Morgan fingerprint density at radius 1 is 1.20 bits per heavy atom. The molecule has 1 unspecified atom stereocenters. The van der Waals surface area contributed by atoms with Crippen LogP contribution >= 0.6 is 15.9 Å². The van der Waals surface area contributed by atoms with E-state index in [0.717, 1.165) is 16.6 Å². The number of likely N-dealkylation sites (N-methyl/N-ethyl adjacent to an activating group) is 1. The predicted molar refractivity (Wildman–Crippen MR) is 82.3 cm³/mol. The molecule has 0 aliphatic rings. The van der Waals surface area contributed by atoms with Gasteiger partial charge in [-0.2, -0.15) is 0 Å². The summed E-state index contributed by atoms with van der Waals surface area (Å²) in [4.78, 5) is 0. The molecule has 1 atom stereocenters. The van der Waals surface area contributed by atoms with Crippen LogP contribution in [0, 0.1) is 5.82 Å². The fourth-order valence-corrected chi connectivity index (χ4v) is 2.57. The molecule has 0 aliphatic heterocycles. The second-order valence-corrected chi connectivity index (χ2v) is 5.24. The molecular formula is C15H23BrFNO2. The maximum absolute atomic E-state index is 13.1. The molecule has 0 aliphatic carbocycles. The predicted octanol–water partition coefficient (Wildman–Crippen LogP) is 3.51. The molecule has 1 N–H and O–H groups in total. The third-order valence-electron chi connectivity index (χ3n) is 2.91. The fraction of sp³-hybridized carbons (Fsp3) is 0.600. The van der Waals surface area contributed by atoms with Crippen LogP contribution in [0.4, 0.5) is 4.39 Å². The smallest absolute Gasteiger partial charge is 0.172 e. The second kappa shape index (κ2) is 9.45. The summed E-state index contributed by atoms with van der Waals surface area (Å²) >= 11 is 3.40. The maximum atomic E-state index is 13.1. The van der Waals surface area contributed by atoms with Gasteiger partial charge in [-0.3, -0.25) is 0 Å². The number of halogens is 2. The molecule has 0 amide bonds. The van der Waals surface area contributed by atoms with Crippen LogP contribution in [-0.2, 0) is 15.9 Å². The third-order valence-corrected chi connectivity index (χ3v) is 3.65. The van der Waals surface area contributed by atoms with E-state index in [9.17, 15) is 4.39 Å². The normalized spacial score (nSPS) is 12.9. The van der Waals surface area contributed by atoms with Crippen molar-refractivity contribution < 1.29 is 13.9 Å². The van der Waals surface area contributed by atoms with E-state index in [4.69, 9.17) is 9.47 Å². The zero-order valence-electron chi connectivity index (χ0n) is 12.3. The monoisotopic (exact) mass is 347 g/mol. The van der Waals surface area contributed by atoms with Gasteiger partial charge < -0.3 is 14.8 Å². The first-order valence-electron chi connectivity index (χ1n) is 7.02. The van der Waals surface area contributed by atoms with E-state index in [1.54, 1.807) is 6.07 Å². The van der Waals surface area contributed by atoms with Crippen molar-refractivity contribution in [1.29, 1.82) is 0 Å². The average molecular weight is 348 g/mol. The Hall–Kier alpha value is -0.490. The Morgan fingerprint density at radius 3 is 2.35 bits per heavy atom. The Balaban J connectivity index is 2.83. The molecule has 0 fully saturated rings. The highest BCUT2D eigenvalue weighted by atomic mass is 79.9. The molecule has 0 aromatic heterocycles. The number of ether oxygens (including phenoxy) is 2. The zero-order valence-corrected chi connectivity index (χ0v) is 13.9. The molecule has 114 valence electrons. The number of hydrogen-bond donors (Lipinski definition) is 1. The molecule has 0 radical (unpaired) electrons. The summed E-state index contributed by atoms with van der Waals surface area (Å²) in [7, 11) is 0.